The minimum Gasteiger partial charge on any atom is -0.604 e. The zero-order valence-electron chi connectivity index (χ0n) is 18.0. The summed E-state index contributed by atoms with van der Waals surface area (Å²) in [6, 6.07) is 5.00. The SMILES string of the molecule is CC(C)(C)OC(=O)N1CCC(c2nc(COc3ccc([S+]([O-])C(F)(F)F)cc3)cs2)CC1. The molecule has 0 saturated carbocycles. The summed E-state index contributed by atoms with van der Waals surface area (Å²) in [4.78, 5) is 18.2. The Morgan fingerprint density at radius 1 is 1.22 bits per heavy atom. The van der Waals surface area contributed by atoms with Crippen LogP contribution in [0.5, 0.6) is 5.75 Å². The second-order valence-electron chi connectivity index (χ2n) is 8.39. The van der Waals surface area contributed by atoms with Crippen LogP contribution in [0, 0.1) is 0 Å². The maximum Gasteiger partial charge on any atom is 0.578 e. The molecule has 3 rings (SSSR count). The second kappa shape index (κ2) is 9.88. The molecule has 6 nitrogen and oxygen atoms in total. The first kappa shape index (κ1) is 24.7. The Kier molecular flexibility index (Phi) is 7.61. The standard InChI is InChI=1S/C21H25F3N2O4S2/c1-20(2,3)30-19(27)26-10-8-14(9-11-26)18-25-15(13-31-18)12-29-16-4-6-17(7-5-16)32(28)21(22,23)24/h4-7,13-14H,8-12H2,1-3H3. The van der Waals surface area contributed by atoms with Crippen molar-refractivity contribution in [1.29, 1.82) is 0 Å². The van der Waals surface area contributed by atoms with Crippen molar-refractivity contribution >= 4 is 28.6 Å². The number of aromatic nitrogens is 1. The van der Waals surface area contributed by atoms with Gasteiger partial charge >= 0.3 is 11.6 Å². The highest BCUT2D eigenvalue weighted by Gasteiger charge is 2.46. The molecule has 1 fully saturated rings. The lowest BCUT2D eigenvalue weighted by Gasteiger charge is -2.32. The molecule has 0 spiro atoms. The quantitative estimate of drug-likeness (QED) is 0.520. The Labute approximate surface area is 191 Å². The van der Waals surface area contributed by atoms with E-state index in [2.05, 4.69) is 4.98 Å². The van der Waals surface area contributed by atoms with Gasteiger partial charge in [-0.2, -0.15) is 0 Å². The number of hydrogen-bond acceptors (Lipinski definition) is 6. The van der Waals surface area contributed by atoms with Gasteiger partial charge in [0, 0.05) is 24.4 Å². The Morgan fingerprint density at radius 3 is 2.41 bits per heavy atom. The lowest BCUT2D eigenvalue weighted by atomic mass is 9.98. The molecular weight excluding hydrogens is 465 g/mol. The number of nitrogens with zero attached hydrogens (tertiary/aromatic N) is 2. The van der Waals surface area contributed by atoms with Crippen LogP contribution in [-0.4, -0.2) is 44.7 Å². The van der Waals surface area contributed by atoms with Crippen LogP contribution in [0.3, 0.4) is 0 Å². The molecule has 0 bridgehead atoms. The molecule has 1 aromatic carbocycles. The predicted molar refractivity (Wildman–Crippen MR) is 115 cm³/mol. The van der Waals surface area contributed by atoms with E-state index < -0.39 is 22.3 Å². The maximum absolute atomic E-state index is 12.5. The lowest BCUT2D eigenvalue weighted by molar-refractivity contribution is -0.0435. The highest BCUT2D eigenvalue weighted by Crippen LogP contribution is 2.32. The van der Waals surface area contributed by atoms with Crippen molar-refractivity contribution in [3.8, 4) is 5.75 Å². The summed E-state index contributed by atoms with van der Waals surface area (Å²) in [7, 11) is 0. The summed E-state index contributed by atoms with van der Waals surface area (Å²) in [6.07, 6.45) is 1.30. The van der Waals surface area contributed by atoms with Crippen molar-refractivity contribution in [2.75, 3.05) is 13.1 Å². The molecule has 0 N–H and O–H groups in total. The number of likely N-dealkylation sites (tertiary alicyclic amines) is 1. The van der Waals surface area contributed by atoms with E-state index in [0.29, 0.717) is 18.8 Å². The number of amides is 1. The van der Waals surface area contributed by atoms with Gasteiger partial charge in [-0.1, -0.05) is 0 Å². The van der Waals surface area contributed by atoms with E-state index in [1.54, 1.807) is 4.90 Å². The summed E-state index contributed by atoms with van der Waals surface area (Å²) in [5.74, 6) is 0.622. The molecule has 0 radical (unpaired) electrons. The van der Waals surface area contributed by atoms with Crippen LogP contribution in [0.4, 0.5) is 18.0 Å². The monoisotopic (exact) mass is 490 g/mol. The number of hydrogen-bond donors (Lipinski definition) is 0. The van der Waals surface area contributed by atoms with Gasteiger partial charge in [0.1, 0.15) is 18.0 Å². The van der Waals surface area contributed by atoms with Gasteiger partial charge in [-0.05, 0) is 57.9 Å². The molecule has 2 heterocycles. The minimum absolute atomic E-state index is 0.176. The van der Waals surface area contributed by atoms with Gasteiger partial charge in [-0.25, -0.2) is 9.78 Å². The van der Waals surface area contributed by atoms with Gasteiger partial charge < -0.3 is 18.9 Å². The molecule has 1 aliphatic heterocycles. The smallest absolute Gasteiger partial charge is 0.578 e. The van der Waals surface area contributed by atoms with Crippen LogP contribution in [0.1, 0.15) is 50.2 Å². The van der Waals surface area contributed by atoms with Crippen LogP contribution in [-0.2, 0) is 22.5 Å². The van der Waals surface area contributed by atoms with E-state index in [1.807, 2.05) is 26.2 Å². The van der Waals surface area contributed by atoms with E-state index in [4.69, 9.17) is 9.47 Å². The summed E-state index contributed by atoms with van der Waals surface area (Å²) in [6.45, 7) is 6.92. The summed E-state index contributed by atoms with van der Waals surface area (Å²) < 4.78 is 59.9. The Morgan fingerprint density at radius 2 is 1.84 bits per heavy atom. The number of rotatable bonds is 5. The van der Waals surface area contributed by atoms with Gasteiger partial charge in [-0.15, -0.1) is 24.5 Å². The van der Waals surface area contributed by atoms with Crippen molar-refractivity contribution in [2.24, 2.45) is 0 Å². The molecule has 1 saturated heterocycles. The topological polar surface area (TPSA) is 74.7 Å². The highest BCUT2D eigenvalue weighted by molar-refractivity contribution is 7.92. The average Bonchev–Trinajstić information content (AvgIpc) is 3.19. The van der Waals surface area contributed by atoms with Crippen molar-refractivity contribution in [1.82, 2.24) is 9.88 Å². The number of piperidine rings is 1. The summed E-state index contributed by atoms with van der Waals surface area (Å²) in [5, 5.41) is 2.87. The van der Waals surface area contributed by atoms with Gasteiger partial charge in [0.25, 0.3) is 0 Å². The first-order chi connectivity index (χ1) is 14.9. The fraction of sp³-hybridized carbons (Fsp3) is 0.524. The number of alkyl halides is 3. The maximum atomic E-state index is 12.5. The number of carbonyl (C=O) groups excluding carboxylic acids is 1. The average molecular weight is 491 g/mol. The van der Waals surface area contributed by atoms with Crippen LogP contribution in [0.25, 0.3) is 0 Å². The van der Waals surface area contributed by atoms with Gasteiger partial charge in [0.2, 0.25) is 0 Å². The number of thiazole rings is 1. The number of halogens is 3. The molecule has 1 amide bonds. The van der Waals surface area contributed by atoms with Crippen LogP contribution < -0.4 is 4.74 Å². The number of ether oxygens (including phenoxy) is 2. The van der Waals surface area contributed by atoms with Gasteiger partial charge in [0.15, 0.2) is 4.90 Å². The lowest BCUT2D eigenvalue weighted by Crippen LogP contribution is -2.41. The van der Waals surface area contributed by atoms with Crippen molar-refractivity contribution in [2.45, 2.75) is 62.1 Å². The largest absolute Gasteiger partial charge is 0.604 e. The fourth-order valence-electron chi connectivity index (χ4n) is 3.16. The molecule has 1 atom stereocenters. The molecule has 1 unspecified atom stereocenters. The minimum atomic E-state index is -4.79. The van der Waals surface area contributed by atoms with E-state index in [1.165, 1.54) is 23.5 Å². The number of carbonyl (C=O) groups is 1. The molecule has 1 aromatic heterocycles. The zero-order chi connectivity index (χ0) is 23.5. The third kappa shape index (κ3) is 6.76. The van der Waals surface area contributed by atoms with E-state index in [-0.39, 0.29) is 23.5 Å². The fourth-order valence-corrected chi connectivity index (χ4v) is 4.79. The normalized spacial score (nSPS) is 16.7. The molecule has 32 heavy (non-hydrogen) atoms. The highest BCUT2D eigenvalue weighted by atomic mass is 32.2. The third-order valence-corrected chi connectivity index (χ3v) is 6.88. The van der Waals surface area contributed by atoms with Crippen LogP contribution >= 0.6 is 11.3 Å². The zero-order valence-corrected chi connectivity index (χ0v) is 19.6. The molecule has 1 aliphatic rings. The first-order valence-corrected chi connectivity index (χ1v) is 12.1. The molecule has 2 aromatic rings. The first-order valence-electron chi connectivity index (χ1n) is 10.1. The Bertz CT molecular complexity index is 905. The third-order valence-electron chi connectivity index (χ3n) is 4.70. The Balaban J connectivity index is 1.49. The molecule has 11 heteroatoms. The van der Waals surface area contributed by atoms with Crippen molar-refractivity contribution in [3.05, 3.63) is 40.3 Å². The van der Waals surface area contributed by atoms with Crippen LogP contribution in [0.15, 0.2) is 34.5 Å². The second-order valence-corrected chi connectivity index (χ2v) is 10.8. The van der Waals surface area contributed by atoms with Gasteiger partial charge in [0.05, 0.1) is 21.9 Å². The molecule has 176 valence electrons. The van der Waals surface area contributed by atoms with E-state index in [0.717, 1.165) is 35.7 Å². The van der Waals surface area contributed by atoms with E-state index >= 15 is 0 Å². The van der Waals surface area contributed by atoms with Crippen molar-refractivity contribution in [3.63, 3.8) is 0 Å². The van der Waals surface area contributed by atoms with Crippen molar-refractivity contribution < 1.29 is 32.0 Å². The van der Waals surface area contributed by atoms with E-state index in [9.17, 15) is 22.5 Å². The number of benzene rings is 1. The molecular formula is C21H25F3N2O4S2. The van der Waals surface area contributed by atoms with Gasteiger partial charge in [-0.3, -0.25) is 0 Å². The summed E-state index contributed by atoms with van der Waals surface area (Å²) in [5.41, 5.74) is -4.58. The summed E-state index contributed by atoms with van der Waals surface area (Å²) >= 11 is -1.53. The predicted octanol–water partition coefficient (Wildman–Crippen LogP) is 5.46. The molecule has 0 aliphatic carbocycles. The van der Waals surface area contributed by atoms with Crippen LogP contribution in [0.2, 0.25) is 0 Å². The Hall–Kier alpha value is -1.98.